The zero-order valence-electron chi connectivity index (χ0n) is 11.6. The molecule has 19 heavy (non-hydrogen) atoms. The molecule has 0 aliphatic carbocycles. The summed E-state index contributed by atoms with van der Waals surface area (Å²) in [4.78, 5) is 14.0. The lowest BCUT2D eigenvalue weighted by Gasteiger charge is -2.26. The van der Waals surface area contributed by atoms with Crippen LogP contribution in [0.2, 0.25) is 0 Å². The van der Waals surface area contributed by atoms with Crippen LogP contribution in [0.15, 0.2) is 0 Å². The highest BCUT2D eigenvalue weighted by molar-refractivity contribution is 7.86. The third-order valence-corrected chi connectivity index (χ3v) is 4.46. The molecule has 1 saturated heterocycles. The molecule has 112 valence electrons. The second-order valence-electron chi connectivity index (χ2n) is 4.91. The minimum atomic E-state index is -3.80. The van der Waals surface area contributed by atoms with Crippen LogP contribution in [-0.2, 0) is 15.0 Å². The van der Waals surface area contributed by atoms with Crippen LogP contribution in [-0.4, -0.2) is 62.8 Å². The molecule has 1 heterocycles. The topological polar surface area (TPSA) is 95.7 Å². The van der Waals surface area contributed by atoms with Crippen molar-refractivity contribution >= 4 is 16.1 Å². The Labute approximate surface area is 115 Å². The molecule has 0 bridgehead atoms. The molecule has 0 aromatic carbocycles. The number of likely N-dealkylation sites (tertiary alicyclic amines) is 1. The lowest BCUT2D eigenvalue weighted by atomic mass is 10.2. The molecule has 1 rings (SSSR count). The zero-order chi connectivity index (χ0) is 14.5. The molecular formula is C11H24N4O3S. The molecule has 1 amide bonds. The first-order chi connectivity index (χ1) is 8.84. The average molecular weight is 292 g/mol. The second kappa shape index (κ2) is 7.18. The summed E-state index contributed by atoms with van der Waals surface area (Å²) in [5.41, 5.74) is 0. The van der Waals surface area contributed by atoms with E-state index in [1.165, 1.54) is 19.9 Å². The fourth-order valence-electron chi connectivity index (χ4n) is 2.22. The van der Waals surface area contributed by atoms with E-state index in [1.807, 2.05) is 0 Å². The van der Waals surface area contributed by atoms with Gasteiger partial charge in [0, 0.05) is 19.6 Å². The van der Waals surface area contributed by atoms with Gasteiger partial charge in [0.15, 0.2) is 0 Å². The van der Waals surface area contributed by atoms with Crippen LogP contribution in [0, 0.1) is 0 Å². The van der Waals surface area contributed by atoms with Crippen LogP contribution in [0.4, 0.5) is 0 Å². The normalized spacial score (nSPS) is 18.7. The molecule has 3 N–H and O–H groups in total. The Morgan fingerprint density at radius 3 is 2.47 bits per heavy atom. The molecule has 1 aliphatic heterocycles. The van der Waals surface area contributed by atoms with Gasteiger partial charge in [-0.05, 0) is 32.4 Å². The zero-order valence-corrected chi connectivity index (χ0v) is 12.4. The Balaban J connectivity index is 2.36. The van der Waals surface area contributed by atoms with Gasteiger partial charge in [-0.1, -0.05) is 6.92 Å². The molecule has 0 aromatic rings. The van der Waals surface area contributed by atoms with Crippen molar-refractivity contribution in [3.8, 4) is 0 Å². The standard InChI is InChI=1S/C11H24N4O3S/c1-3-10(15-6-4-5-7-15)8-13-11(16)9-14(2)19(12,17)18/h10H,3-9H2,1-2H3,(H,13,16)(H2,12,17,18). The minimum absolute atomic E-state index is 0.241. The Kier molecular flexibility index (Phi) is 6.18. The smallest absolute Gasteiger partial charge is 0.277 e. The first-order valence-electron chi connectivity index (χ1n) is 6.59. The summed E-state index contributed by atoms with van der Waals surface area (Å²) in [6.07, 6.45) is 3.38. The highest BCUT2D eigenvalue weighted by Gasteiger charge is 2.21. The number of likely N-dealkylation sites (N-methyl/N-ethyl adjacent to an activating group) is 1. The molecule has 0 radical (unpaired) electrons. The molecule has 1 aliphatic rings. The highest BCUT2D eigenvalue weighted by Crippen LogP contribution is 2.13. The Bertz CT molecular complexity index is 393. The van der Waals surface area contributed by atoms with Crippen LogP contribution in [0.5, 0.6) is 0 Å². The van der Waals surface area contributed by atoms with Gasteiger partial charge in [0.2, 0.25) is 5.91 Å². The number of nitrogens with zero attached hydrogens (tertiary/aromatic N) is 2. The number of nitrogens with two attached hydrogens (primary N) is 1. The monoisotopic (exact) mass is 292 g/mol. The van der Waals surface area contributed by atoms with Gasteiger partial charge >= 0.3 is 0 Å². The van der Waals surface area contributed by atoms with E-state index in [2.05, 4.69) is 17.1 Å². The number of amides is 1. The summed E-state index contributed by atoms with van der Waals surface area (Å²) in [5, 5.41) is 7.69. The van der Waals surface area contributed by atoms with Gasteiger partial charge < -0.3 is 5.32 Å². The van der Waals surface area contributed by atoms with E-state index < -0.39 is 10.2 Å². The van der Waals surface area contributed by atoms with Crippen molar-refractivity contribution in [3.05, 3.63) is 0 Å². The first-order valence-corrected chi connectivity index (χ1v) is 8.09. The predicted octanol–water partition coefficient (Wildman–Crippen LogP) is -0.888. The maximum Gasteiger partial charge on any atom is 0.277 e. The molecule has 0 spiro atoms. The van der Waals surface area contributed by atoms with Gasteiger partial charge in [0.05, 0.1) is 6.54 Å². The minimum Gasteiger partial charge on any atom is -0.353 e. The van der Waals surface area contributed by atoms with E-state index >= 15 is 0 Å². The SMILES string of the molecule is CCC(CNC(=O)CN(C)S(N)(=O)=O)N1CCCC1. The molecule has 7 nitrogen and oxygen atoms in total. The number of rotatable bonds is 7. The number of hydrogen-bond acceptors (Lipinski definition) is 4. The number of hydrogen-bond donors (Lipinski definition) is 2. The largest absolute Gasteiger partial charge is 0.353 e. The molecule has 1 fully saturated rings. The van der Waals surface area contributed by atoms with Crippen molar-refractivity contribution in [2.24, 2.45) is 5.14 Å². The van der Waals surface area contributed by atoms with E-state index in [1.54, 1.807) is 0 Å². The average Bonchev–Trinajstić information content (AvgIpc) is 2.82. The Morgan fingerprint density at radius 1 is 1.42 bits per heavy atom. The fraction of sp³-hybridized carbons (Fsp3) is 0.909. The number of carbonyl (C=O) groups is 1. The van der Waals surface area contributed by atoms with Crippen molar-refractivity contribution in [1.29, 1.82) is 0 Å². The summed E-state index contributed by atoms with van der Waals surface area (Å²) in [5.74, 6) is -0.325. The molecule has 8 heteroatoms. The fourth-order valence-corrected chi connectivity index (χ4v) is 2.52. The summed E-state index contributed by atoms with van der Waals surface area (Å²) in [6.45, 7) is 4.55. The van der Waals surface area contributed by atoms with Crippen molar-refractivity contribution in [1.82, 2.24) is 14.5 Å². The number of nitrogens with one attached hydrogen (secondary N) is 1. The summed E-state index contributed by atoms with van der Waals surface area (Å²) in [6, 6.07) is 0.325. The molecule has 1 atom stereocenters. The summed E-state index contributed by atoms with van der Waals surface area (Å²) < 4.78 is 22.8. The lowest BCUT2D eigenvalue weighted by Crippen LogP contribution is -2.46. The molecule has 0 aromatic heterocycles. The summed E-state index contributed by atoms with van der Waals surface area (Å²) in [7, 11) is -2.51. The third kappa shape index (κ3) is 5.43. The van der Waals surface area contributed by atoms with Gasteiger partial charge in [-0.3, -0.25) is 9.69 Å². The van der Waals surface area contributed by atoms with Crippen molar-refractivity contribution in [2.75, 3.05) is 33.2 Å². The van der Waals surface area contributed by atoms with E-state index in [0.29, 0.717) is 12.6 Å². The van der Waals surface area contributed by atoms with Gasteiger partial charge in [-0.25, -0.2) is 5.14 Å². The van der Waals surface area contributed by atoms with E-state index in [4.69, 9.17) is 5.14 Å². The van der Waals surface area contributed by atoms with Crippen LogP contribution < -0.4 is 10.5 Å². The number of carbonyl (C=O) groups excluding carboxylic acids is 1. The van der Waals surface area contributed by atoms with Crippen LogP contribution >= 0.6 is 0 Å². The quantitative estimate of drug-likeness (QED) is 0.636. The van der Waals surface area contributed by atoms with E-state index in [-0.39, 0.29) is 12.5 Å². The van der Waals surface area contributed by atoms with Gasteiger partial charge in [-0.15, -0.1) is 0 Å². The second-order valence-corrected chi connectivity index (χ2v) is 6.56. The molecule has 1 unspecified atom stereocenters. The van der Waals surface area contributed by atoms with Crippen molar-refractivity contribution in [3.63, 3.8) is 0 Å². The predicted molar refractivity (Wildman–Crippen MR) is 73.6 cm³/mol. The van der Waals surface area contributed by atoms with E-state index in [0.717, 1.165) is 23.8 Å². The van der Waals surface area contributed by atoms with Crippen LogP contribution in [0.25, 0.3) is 0 Å². The Hall–Kier alpha value is -0.700. The molecule has 0 saturated carbocycles. The van der Waals surface area contributed by atoms with E-state index in [9.17, 15) is 13.2 Å². The maximum absolute atomic E-state index is 11.6. The summed E-state index contributed by atoms with van der Waals surface area (Å²) >= 11 is 0. The van der Waals surface area contributed by atoms with Crippen LogP contribution in [0.3, 0.4) is 0 Å². The lowest BCUT2D eigenvalue weighted by molar-refractivity contribution is -0.121. The van der Waals surface area contributed by atoms with Crippen molar-refractivity contribution < 1.29 is 13.2 Å². The molecular weight excluding hydrogens is 268 g/mol. The van der Waals surface area contributed by atoms with Gasteiger partial charge in [-0.2, -0.15) is 12.7 Å². The maximum atomic E-state index is 11.6. The van der Waals surface area contributed by atoms with Gasteiger partial charge in [0.25, 0.3) is 10.2 Å². The Morgan fingerprint density at radius 2 is 2.00 bits per heavy atom. The van der Waals surface area contributed by atoms with Crippen molar-refractivity contribution in [2.45, 2.75) is 32.2 Å². The van der Waals surface area contributed by atoms with Gasteiger partial charge in [0.1, 0.15) is 0 Å². The first kappa shape index (κ1) is 16.4. The third-order valence-electron chi connectivity index (χ3n) is 3.46. The van der Waals surface area contributed by atoms with Crippen LogP contribution in [0.1, 0.15) is 26.2 Å². The highest BCUT2D eigenvalue weighted by atomic mass is 32.2.